The summed E-state index contributed by atoms with van der Waals surface area (Å²) in [5.41, 5.74) is 2.27. The SMILES string of the molecule is CC.CCCCC/C(C)=C\N=C(C)Nc1cc([N+](=O)[O-])c(N(C)CCN(C)C)cc1OC. The van der Waals surface area contributed by atoms with Crippen molar-refractivity contribution in [2.75, 3.05) is 51.6 Å². The average Bonchev–Trinajstić information content (AvgIpc) is 2.77. The van der Waals surface area contributed by atoms with Crippen LogP contribution in [0.4, 0.5) is 17.1 Å². The number of methoxy groups -OCH3 is 1. The van der Waals surface area contributed by atoms with Crippen molar-refractivity contribution in [3.63, 3.8) is 0 Å². The lowest BCUT2D eigenvalue weighted by Gasteiger charge is -2.23. The molecule has 8 heteroatoms. The van der Waals surface area contributed by atoms with Gasteiger partial charge >= 0.3 is 0 Å². The number of hydrogen-bond acceptors (Lipinski definition) is 6. The van der Waals surface area contributed by atoms with E-state index < -0.39 is 0 Å². The van der Waals surface area contributed by atoms with Crippen molar-refractivity contribution in [3.05, 3.63) is 34.0 Å². The predicted molar refractivity (Wildman–Crippen MR) is 137 cm³/mol. The van der Waals surface area contributed by atoms with Gasteiger partial charge in [0.2, 0.25) is 0 Å². The molecule has 0 heterocycles. The number of unbranched alkanes of at least 4 members (excludes halogenated alkanes) is 2. The molecule has 0 saturated carbocycles. The Hall–Kier alpha value is -2.61. The number of ether oxygens (including phenoxy) is 1. The number of nitro groups is 1. The number of likely N-dealkylation sites (N-methyl/N-ethyl adjacent to an activating group) is 2. The van der Waals surface area contributed by atoms with Gasteiger partial charge in [-0.25, -0.2) is 4.99 Å². The van der Waals surface area contributed by atoms with Crippen LogP contribution in [-0.2, 0) is 0 Å². The Morgan fingerprint density at radius 2 is 1.84 bits per heavy atom. The first-order valence-corrected chi connectivity index (χ1v) is 11.4. The molecule has 0 aliphatic carbocycles. The smallest absolute Gasteiger partial charge is 0.294 e. The average molecular weight is 450 g/mol. The number of anilines is 2. The topological polar surface area (TPSA) is 83.2 Å². The van der Waals surface area contributed by atoms with E-state index in [0.717, 1.165) is 19.4 Å². The first-order valence-electron chi connectivity index (χ1n) is 11.4. The number of nitrogens with one attached hydrogen (secondary N) is 1. The van der Waals surface area contributed by atoms with Gasteiger partial charge in [0.25, 0.3) is 5.69 Å². The number of hydrogen-bond donors (Lipinski definition) is 1. The fourth-order valence-electron chi connectivity index (χ4n) is 2.90. The maximum atomic E-state index is 11.7. The molecule has 0 amide bonds. The van der Waals surface area contributed by atoms with Gasteiger partial charge in [-0.05, 0) is 40.8 Å². The minimum Gasteiger partial charge on any atom is -0.494 e. The molecule has 0 saturated heterocycles. The number of benzene rings is 1. The lowest BCUT2D eigenvalue weighted by molar-refractivity contribution is -0.384. The third-order valence-electron chi connectivity index (χ3n) is 4.76. The summed E-state index contributed by atoms with van der Waals surface area (Å²) < 4.78 is 5.50. The van der Waals surface area contributed by atoms with Crippen LogP contribution < -0.4 is 15.0 Å². The lowest BCUT2D eigenvalue weighted by Crippen LogP contribution is -2.29. The Labute approximate surface area is 194 Å². The molecule has 0 unspecified atom stereocenters. The van der Waals surface area contributed by atoms with Crippen molar-refractivity contribution in [1.82, 2.24) is 4.90 Å². The van der Waals surface area contributed by atoms with Crippen LogP contribution in [0.15, 0.2) is 28.9 Å². The van der Waals surface area contributed by atoms with Gasteiger partial charge in [0, 0.05) is 38.5 Å². The number of allylic oxidation sites excluding steroid dienone is 1. The lowest BCUT2D eigenvalue weighted by atomic mass is 10.1. The molecule has 1 N–H and O–H groups in total. The van der Waals surface area contributed by atoms with Gasteiger partial charge in [-0.1, -0.05) is 39.2 Å². The van der Waals surface area contributed by atoms with Crippen LogP contribution >= 0.6 is 0 Å². The number of aliphatic imine (C=N–C) groups is 1. The fraction of sp³-hybridized carbons (Fsp3) is 0.625. The highest BCUT2D eigenvalue weighted by Gasteiger charge is 2.22. The maximum absolute atomic E-state index is 11.7. The largest absolute Gasteiger partial charge is 0.494 e. The van der Waals surface area contributed by atoms with E-state index in [2.05, 4.69) is 24.2 Å². The zero-order valence-electron chi connectivity index (χ0n) is 21.5. The number of nitrogens with zero attached hydrogens (tertiary/aromatic N) is 4. The molecule has 0 aliphatic rings. The second-order valence-corrected chi connectivity index (χ2v) is 7.80. The van der Waals surface area contributed by atoms with E-state index in [4.69, 9.17) is 4.74 Å². The first kappa shape index (κ1) is 29.4. The maximum Gasteiger partial charge on any atom is 0.294 e. The van der Waals surface area contributed by atoms with E-state index in [0.29, 0.717) is 29.5 Å². The number of nitro benzene ring substituents is 1. The molecule has 8 nitrogen and oxygen atoms in total. The standard InChI is InChI=1S/C22H37N5O3.C2H6/c1-8-9-10-11-17(2)16-23-18(3)24-19-14-21(27(28)29)20(15-22(19)30-7)26(6)13-12-25(4)5;1-2/h14-16H,8-13H2,1-7H3,(H,23,24);1-2H3/b17-16-;. The summed E-state index contributed by atoms with van der Waals surface area (Å²) in [6.45, 7) is 11.5. The molecule has 0 aliphatic heterocycles. The second-order valence-electron chi connectivity index (χ2n) is 7.80. The number of rotatable bonds is 12. The van der Waals surface area contributed by atoms with E-state index >= 15 is 0 Å². The van der Waals surface area contributed by atoms with Crippen LogP contribution in [-0.4, -0.2) is 57.0 Å². The molecule has 1 rings (SSSR count). The minimum atomic E-state index is -0.365. The van der Waals surface area contributed by atoms with Crippen molar-refractivity contribution in [3.8, 4) is 5.75 Å². The molecule has 0 aromatic heterocycles. The van der Waals surface area contributed by atoms with Crippen LogP contribution in [0.3, 0.4) is 0 Å². The van der Waals surface area contributed by atoms with E-state index in [1.807, 2.05) is 57.9 Å². The molecule has 32 heavy (non-hydrogen) atoms. The summed E-state index contributed by atoms with van der Waals surface area (Å²) >= 11 is 0. The summed E-state index contributed by atoms with van der Waals surface area (Å²) in [4.78, 5) is 19.7. The van der Waals surface area contributed by atoms with Crippen molar-refractivity contribution in [2.45, 2.75) is 60.3 Å². The summed E-state index contributed by atoms with van der Waals surface area (Å²) in [7, 11) is 7.34. The highest BCUT2D eigenvalue weighted by molar-refractivity contribution is 5.96. The molecule has 1 aromatic rings. The molecule has 0 radical (unpaired) electrons. The van der Waals surface area contributed by atoms with Crippen LogP contribution in [0.5, 0.6) is 5.75 Å². The Morgan fingerprint density at radius 3 is 2.38 bits per heavy atom. The normalized spacial score (nSPS) is 11.7. The molecule has 1 aromatic carbocycles. The Kier molecular flexibility index (Phi) is 14.8. The van der Waals surface area contributed by atoms with E-state index in [1.54, 1.807) is 13.2 Å². The molecule has 0 fully saturated rings. The summed E-state index contributed by atoms with van der Waals surface area (Å²) in [5, 5.41) is 14.8. The van der Waals surface area contributed by atoms with Crippen molar-refractivity contribution >= 4 is 22.9 Å². The molecular formula is C24H43N5O3. The second kappa shape index (κ2) is 16.1. The zero-order chi connectivity index (χ0) is 24.7. The first-order chi connectivity index (χ1) is 15.2. The Balaban J connectivity index is 0.00000466. The monoisotopic (exact) mass is 449 g/mol. The fourth-order valence-corrected chi connectivity index (χ4v) is 2.90. The van der Waals surface area contributed by atoms with Crippen molar-refractivity contribution in [1.29, 1.82) is 0 Å². The van der Waals surface area contributed by atoms with Crippen LogP contribution in [0.1, 0.15) is 60.3 Å². The molecule has 0 atom stereocenters. The summed E-state index contributed by atoms with van der Waals surface area (Å²) in [6, 6.07) is 3.21. The van der Waals surface area contributed by atoms with Gasteiger partial charge in [0.1, 0.15) is 17.3 Å². The Bertz CT molecular complexity index is 760. The Morgan fingerprint density at radius 1 is 1.19 bits per heavy atom. The van der Waals surface area contributed by atoms with Crippen LogP contribution in [0, 0.1) is 10.1 Å². The van der Waals surface area contributed by atoms with Gasteiger partial charge in [-0.2, -0.15) is 0 Å². The van der Waals surface area contributed by atoms with Gasteiger partial charge in [-0.15, -0.1) is 0 Å². The molecule has 0 bridgehead atoms. The van der Waals surface area contributed by atoms with E-state index in [9.17, 15) is 10.1 Å². The summed E-state index contributed by atoms with van der Waals surface area (Å²) in [5.74, 6) is 1.18. The quantitative estimate of drug-likeness (QED) is 0.140. The van der Waals surface area contributed by atoms with Crippen LogP contribution in [0.2, 0.25) is 0 Å². The van der Waals surface area contributed by atoms with Crippen LogP contribution in [0.25, 0.3) is 0 Å². The highest BCUT2D eigenvalue weighted by atomic mass is 16.6. The van der Waals surface area contributed by atoms with E-state index in [-0.39, 0.29) is 10.6 Å². The van der Waals surface area contributed by atoms with Gasteiger partial charge in [0.15, 0.2) is 0 Å². The van der Waals surface area contributed by atoms with E-state index in [1.165, 1.54) is 24.5 Å². The van der Waals surface area contributed by atoms with Gasteiger partial charge in [-0.3, -0.25) is 10.1 Å². The molecular weight excluding hydrogens is 406 g/mol. The van der Waals surface area contributed by atoms with Crippen molar-refractivity contribution in [2.24, 2.45) is 4.99 Å². The number of amidine groups is 1. The van der Waals surface area contributed by atoms with Gasteiger partial charge in [0.05, 0.1) is 17.7 Å². The van der Waals surface area contributed by atoms with Gasteiger partial charge < -0.3 is 19.9 Å². The predicted octanol–water partition coefficient (Wildman–Crippen LogP) is 5.94. The van der Waals surface area contributed by atoms with Crippen molar-refractivity contribution < 1.29 is 9.66 Å². The highest BCUT2D eigenvalue weighted by Crippen LogP contribution is 2.38. The molecule has 0 spiro atoms. The molecule has 182 valence electrons. The summed E-state index contributed by atoms with van der Waals surface area (Å²) in [6.07, 6.45) is 6.43. The third-order valence-corrected chi connectivity index (χ3v) is 4.76. The minimum absolute atomic E-state index is 0.0265. The zero-order valence-corrected chi connectivity index (χ0v) is 21.5. The third kappa shape index (κ3) is 10.6.